The maximum atomic E-state index is 12.7. The van der Waals surface area contributed by atoms with Crippen molar-refractivity contribution in [1.29, 1.82) is 0 Å². The normalized spacial score (nSPS) is 12.8. The van der Waals surface area contributed by atoms with Crippen LogP contribution in [0, 0.1) is 0 Å². The number of carbonyl (C=O) groups is 1. The molecule has 1 aliphatic carbocycles. The number of hydrogen-bond donors (Lipinski definition) is 2. The van der Waals surface area contributed by atoms with Crippen molar-refractivity contribution < 1.29 is 18.3 Å². The van der Waals surface area contributed by atoms with Gasteiger partial charge in [-0.2, -0.15) is 13.9 Å². The van der Waals surface area contributed by atoms with Gasteiger partial charge in [-0.25, -0.2) is 9.78 Å². The second kappa shape index (κ2) is 9.56. The Morgan fingerprint density at radius 1 is 1.22 bits per heavy atom. The Kier molecular flexibility index (Phi) is 6.59. The number of alkyl halides is 2. The van der Waals surface area contributed by atoms with E-state index in [9.17, 15) is 13.6 Å². The first-order valence-corrected chi connectivity index (χ1v) is 11.1. The van der Waals surface area contributed by atoms with Crippen molar-refractivity contribution in [2.75, 3.05) is 5.32 Å². The molecule has 10 heteroatoms. The van der Waals surface area contributed by atoms with Gasteiger partial charge in [-0.1, -0.05) is 12.1 Å². The molecule has 1 aromatic carbocycles. The summed E-state index contributed by atoms with van der Waals surface area (Å²) in [5, 5.41) is 8.03. The van der Waals surface area contributed by atoms with Gasteiger partial charge in [-0.3, -0.25) is 9.40 Å². The largest absolute Gasteiger partial charge is 0.417 e. The number of nitrogens with zero attached hydrogens (tertiary/aromatic N) is 3. The smallest absolute Gasteiger partial charge is 0.388 e. The Hall–Kier alpha value is -3.14. The van der Waals surface area contributed by atoms with Gasteiger partial charge in [0.05, 0.1) is 5.69 Å². The van der Waals surface area contributed by atoms with Gasteiger partial charge in [0.15, 0.2) is 0 Å². The molecule has 0 aliphatic heterocycles. The third-order valence-corrected chi connectivity index (χ3v) is 5.85. The summed E-state index contributed by atoms with van der Waals surface area (Å²) < 4.78 is 34.3. The number of rotatable bonds is 7. The molecule has 2 amide bonds. The van der Waals surface area contributed by atoms with Gasteiger partial charge in [0.1, 0.15) is 5.03 Å². The van der Waals surface area contributed by atoms with Crippen LogP contribution in [0.2, 0.25) is 0 Å². The number of carbonyl (C=O) groups excluding carboxylic acids is 1. The molecule has 3 aromatic rings. The predicted molar refractivity (Wildman–Crippen MR) is 119 cm³/mol. The number of urea groups is 1. The lowest BCUT2D eigenvalue weighted by atomic mass is 9.98. The number of hydrogen-bond acceptors (Lipinski definition) is 5. The van der Waals surface area contributed by atoms with Crippen molar-refractivity contribution in [2.45, 2.75) is 50.8 Å². The molecule has 0 unspecified atom stereocenters. The third-order valence-electron chi connectivity index (χ3n) is 5.14. The van der Waals surface area contributed by atoms with E-state index in [1.165, 1.54) is 17.8 Å². The Bertz CT molecular complexity index is 1120. The lowest BCUT2D eigenvalue weighted by molar-refractivity contribution is -0.0528. The molecule has 0 bridgehead atoms. The van der Waals surface area contributed by atoms with Crippen LogP contribution in [0.15, 0.2) is 47.8 Å². The number of benzene rings is 1. The van der Waals surface area contributed by atoms with Crippen molar-refractivity contribution in [3.63, 3.8) is 0 Å². The fraction of sp³-hybridized carbons (Fsp3) is 0.318. The summed E-state index contributed by atoms with van der Waals surface area (Å²) >= 11 is 1.12. The first kappa shape index (κ1) is 22.1. The highest BCUT2D eigenvalue weighted by Gasteiger charge is 2.21. The Morgan fingerprint density at radius 3 is 2.81 bits per heavy atom. The average Bonchev–Trinajstić information content (AvgIpc) is 3.42. The fourth-order valence-corrected chi connectivity index (χ4v) is 4.20. The molecule has 7 nitrogen and oxygen atoms in total. The van der Waals surface area contributed by atoms with E-state index in [1.807, 2.05) is 42.9 Å². The van der Waals surface area contributed by atoms with Crippen LogP contribution in [0.5, 0.6) is 5.88 Å². The van der Waals surface area contributed by atoms with Crippen molar-refractivity contribution in [3.8, 4) is 17.0 Å². The SMILES string of the molecule is CC(C)n1ccc(SNC(=O)Nc2c(-c3ccnc(OC(F)F)c3)ccc3c2CCC3)n1. The quantitative estimate of drug-likeness (QED) is 0.460. The maximum absolute atomic E-state index is 12.7. The number of ether oxygens (including phenoxy) is 1. The van der Waals surface area contributed by atoms with Gasteiger partial charge in [-0.15, -0.1) is 0 Å². The molecule has 2 aromatic heterocycles. The summed E-state index contributed by atoms with van der Waals surface area (Å²) in [4.78, 5) is 16.5. The predicted octanol–water partition coefficient (Wildman–Crippen LogP) is 5.44. The van der Waals surface area contributed by atoms with Gasteiger partial charge in [0.25, 0.3) is 0 Å². The maximum Gasteiger partial charge on any atom is 0.388 e. The fourth-order valence-electron chi connectivity index (χ4n) is 3.68. The van der Waals surface area contributed by atoms with E-state index in [1.54, 1.807) is 6.07 Å². The highest BCUT2D eigenvalue weighted by Crippen LogP contribution is 2.38. The third kappa shape index (κ3) is 5.01. The number of anilines is 1. The Morgan fingerprint density at radius 2 is 2.06 bits per heavy atom. The molecule has 0 spiro atoms. The zero-order valence-electron chi connectivity index (χ0n) is 17.6. The van der Waals surface area contributed by atoms with Crippen LogP contribution in [-0.2, 0) is 12.8 Å². The van der Waals surface area contributed by atoms with Crippen LogP contribution in [0.25, 0.3) is 11.1 Å². The standard InChI is InChI=1S/C22H23F2N5O2S/c1-13(2)29-11-9-19(27-29)32-28-22(30)26-20-16-5-3-4-14(16)6-7-17(20)15-8-10-25-18(12-15)31-21(23)24/h6-13,21H,3-5H2,1-2H3,(H2,26,28,30). The number of fused-ring (bicyclic) bond motifs is 1. The lowest BCUT2D eigenvalue weighted by Crippen LogP contribution is -2.24. The van der Waals surface area contributed by atoms with Crippen molar-refractivity contribution in [2.24, 2.45) is 0 Å². The number of halogens is 2. The highest BCUT2D eigenvalue weighted by molar-refractivity contribution is 7.97. The monoisotopic (exact) mass is 459 g/mol. The molecular formula is C22H23F2N5O2S. The van der Waals surface area contributed by atoms with E-state index >= 15 is 0 Å². The van der Waals surface area contributed by atoms with E-state index in [4.69, 9.17) is 0 Å². The molecule has 1 aliphatic rings. The van der Waals surface area contributed by atoms with Crippen LogP contribution >= 0.6 is 11.9 Å². The second-order valence-electron chi connectivity index (χ2n) is 7.63. The van der Waals surface area contributed by atoms with Crippen LogP contribution in [0.1, 0.15) is 37.4 Å². The number of pyridine rings is 1. The van der Waals surface area contributed by atoms with Crippen molar-refractivity contribution in [1.82, 2.24) is 19.5 Å². The van der Waals surface area contributed by atoms with Crippen molar-refractivity contribution >= 4 is 23.7 Å². The number of nitrogens with one attached hydrogen (secondary N) is 2. The van der Waals surface area contributed by atoms with Crippen LogP contribution < -0.4 is 14.8 Å². The summed E-state index contributed by atoms with van der Waals surface area (Å²) in [7, 11) is 0. The van der Waals surface area contributed by atoms with E-state index in [0.29, 0.717) is 16.3 Å². The Balaban J connectivity index is 1.56. The minimum Gasteiger partial charge on any atom is -0.417 e. The van der Waals surface area contributed by atoms with E-state index in [-0.39, 0.29) is 11.9 Å². The van der Waals surface area contributed by atoms with E-state index in [2.05, 4.69) is 24.9 Å². The van der Waals surface area contributed by atoms with Gasteiger partial charge in [0, 0.05) is 42.0 Å². The minimum absolute atomic E-state index is 0.176. The van der Waals surface area contributed by atoms with Crippen LogP contribution in [-0.4, -0.2) is 27.4 Å². The molecule has 0 radical (unpaired) electrons. The molecule has 0 saturated carbocycles. The molecule has 32 heavy (non-hydrogen) atoms. The summed E-state index contributed by atoms with van der Waals surface area (Å²) in [6.45, 7) is 1.09. The minimum atomic E-state index is -2.96. The molecule has 168 valence electrons. The second-order valence-corrected chi connectivity index (χ2v) is 8.45. The summed E-state index contributed by atoms with van der Waals surface area (Å²) in [5.41, 5.74) is 4.24. The molecule has 4 rings (SSSR count). The number of amides is 2. The van der Waals surface area contributed by atoms with Crippen molar-refractivity contribution in [3.05, 3.63) is 53.9 Å². The number of aromatic nitrogens is 3. The molecule has 2 heterocycles. The van der Waals surface area contributed by atoms with Crippen LogP contribution in [0.3, 0.4) is 0 Å². The van der Waals surface area contributed by atoms with Gasteiger partial charge in [0.2, 0.25) is 5.88 Å². The molecule has 2 N–H and O–H groups in total. The van der Waals surface area contributed by atoms with Gasteiger partial charge in [-0.05, 0) is 61.9 Å². The zero-order valence-corrected chi connectivity index (χ0v) is 18.5. The van der Waals surface area contributed by atoms with E-state index in [0.717, 1.165) is 42.3 Å². The first-order chi connectivity index (χ1) is 15.4. The van der Waals surface area contributed by atoms with E-state index < -0.39 is 12.6 Å². The summed E-state index contributed by atoms with van der Waals surface area (Å²) in [6.07, 6.45) is 6.02. The summed E-state index contributed by atoms with van der Waals surface area (Å²) in [5.74, 6) is -0.176. The number of aryl methyl sites for hydroxylation is 1. The molecule has 0 saturated heterocycles. The van der Waals surface area contributed by atoms with Gasteiger partial charge < -0.3 is 10.1 Å². The highest BCUT2D eigenvalue weighted by atomic mass is 32.2. The zero-order chi connectivity index (χ0) is 22.7. The molecule has 0 atom stereocenters. The Labute approximate surface area is 188 Å². The molecular weight excluding hydrogens is 436 g/mol. The average molecular weight is 460 g/mol. The lowest BCUT2D eigenvalue weighted by Gasteiger charge is -2.17. The van der Waals surface area contributed by atoms with Crippen LogP contribution in [0.4, 0.5) is 19.3 Å². The first-order valence-electron chi connectivity index (χ1n) is 10.3. The van der Waals surface area contributed by atoms with Gasteiger partial charge >= 0.3 is 12.6 Å². The summed E-state index contributed by atoms with van der Waals surface area (Å²) in [6, 6.07) is 8.71. The topological polar surface area (TPSA) is 81.1 Å². The molecule has 0 fully saturated rings.